The van der Waals surface area contributed by atoms with Crippen LogP contribution in [0.15, 0.2) is 46.6 Å². The molecule has 0 aliphatic heterocycles. The Morgan fingerprint density at radius 3 is 2.97 bits per heavy atom. The molecule has 1 saturated carbocycles. The minimum Gasteiger partial charge on any atom is -0.493 e. The lowest BCUT2D eigenvalue weighted by Crippen LogP contribution is -2.20. The molecule has 4 aromatic heterocycles. The van der Waals surface area contributed by atoms with Crippen molar-refractivity contribution in [3.05, 3.63) is 63.7 Å². The minimum absolute atomic E-state index is 0.238. The summed E-state index contributed by atoms with van der Waals surface area (Å²) >= 11 is 0. The Morgan fingerprint density at radius 2 is 2.24 bits per heavy atom. The molecule has 10 heteroatoms. The molecule has 5 rings (SSSR count). The van der Waals surface area contributed by atoms with Crippen LogP contribution >= 0.6 is 0 Å². The fourth-order valence-electron chi connectivity index (χ4n) is 3.00. The van der Waals surface area contributed by atoms with Gasteiger partial charge in [0, 0.05) is 24.0 Å². The Balaban J connectivity index is 1.66. The van der Waals surface area contributed by atoms with Gasteiger partial charge in [-0.2, -0.15) is 9.61 Å². The van der Waals surface area contributed by atoms with Gasteiger partial charge in [0.25, 0.3) is 0 Å². The van der Waals surface area contributed by atoms with Crippen molar-refractivity contribution in [2.75, 3.05) is 11.9 Å². The van der Waals surface area contributed by atoms with E-state index in [1.54, 1.807) is 29.2 Å². The lowest BCUT2D eigenvalue weighted by molar-refractivity contribution is 0.454. The van der Waals surface area contributed by atoms with Crippen LogP contribution in [0, 0.1) is 5.92 Å². The minimum atomic E-state index is -0.489. The molecule has 0 bridgehead atoms. The Bertz CT molecular complexity index is 1350. The van der Waals surface area contributed by atoms with E-state index in [1.807, 2.05) is 18.2 Å². The quantitative estimate of drug-likeness (QED) is 0.391. The van der Waals surface area contributed by atoms with Crippen molar-refractivity contribution in [2.45, 2.75) is 12.8 Å². The van der Waals surface area contributed by atoms with Crippen molar-refractivity contribution in [3.63, 3.8) is 0 Å². The lowest BCUT2D eigenvalue weighted by Gasteiger charge is -2.05. The van der Waals surface area contributed by atoms with E-state index in [1.165, 1.54) is 12.8 Å². The van der Waals surface area contributed by atoms with E-state index < -0.39 is 5.69 Å². The number of anilines is 2. The van der Waals surface area contributed by atoms with Crippen molar-refractivity contribution in [1.82, 2.24) is 29.5 Å². The summed E-state index contributed by atoms with van der Waals surface area (Å²) in [5, 5.41) is 18.1. The molecule has 0 radical (unpaired) electrons. The molecule has 4 heterocycles. The average molecular weight is 390 g/mol. The highest BCUT2D eigenvalue weighted by Crippen LogP contribution is 2.28. The van der Waals surface area contributed by atoms with Gasteiger partial charge in [0.1, 0.15) is 11.5 Å². The normalized spacial score (nSPS) is 15.3. The van der Waals surface area contributed by atoms with Crippen LogP contribution < -0.4 is 21.7 Å². The van der Waals surface area contributed by atoms with Crippen molar-refractivity contribution < 1.29 is 5.11 Å². The fourth-order valence-corrected chi connectivity index (χ4v) is 3.00. The van der Waals surface area contributed by atoms with Crippen LogP contribution in [0.2, 0.25) is 0 Å². The fraction of sp³-hybridized carbons (Fsp3) is 0.211. The van der Waals surface area contributed by atoms with E-state index in [4.69, 9.17) is 4.99 Å². The van der Waals surface area contributed by atoms with Crippen LogP contribution in [-0.4, -0.2) is 41.2 Å². The summed E-state index contributed by atoms with van der Waals surface area (Å²) < 4.78 is 1.66. The molecule has 0 amide bonds. The molecule has 29 heavy (non-hydrogen) atoms. The molecule has 4 aromatic rings. The molecule has 146 valence electrons. The first-order valence-electron chi connectivity index (χ1n) is 9.25. The maximum Gasteiger partial charge on any atom is 0.326 e. The predicted molar refractivity (Wildman–Crippen MR) is 106 cm³/mol. The first-order chi connectivity index (χ1) is 14.2. The Labute approximate surface area is 163 Å². The number of nitrogens with one attached hydrogen (secondary N) is 3. The first kappa shape index (κ1) is 17.2. The first-order valence-corrected chi connectivity index (χ1v) is 9.25. The van der Waals surface area contributed by atoms with Crippen molar-refractivity contribution in [1.29, 1.82) is 0 Å². The molecule has 10 nitrogen and oxygen atoms in total. The van der Waals surface area contributed by atoms with Crippen LogP contribution in [-0.2, 0) is 0 Å². The SMILES string of the molecule is O=c1[nH]c(O)c(/C=c2/cnn3c(=NCC4CC4)cc(Nc4cccnc4)nc23)[nH]1. The average Bonchev–Trinajstić information content (AvgIpc) is 3.38. The number of H-pyrrole nitrogens is 2. The van der Waals surface area contributed by atoms with E-state index in [9.17, 15) is 9.90 Å². The monoisotopic (exact) mass is 390 g/mol. The highest BCUT2D eigenvalue weighted by molar-refractivity contribution is 5.60. The number of pyridine rings is 1. The molecular formula is C19H18N8O2. The number of aromatic hydroxyl groups is 1. The number of aromatic nitrogens is 6. The highest BCUT2D eigenvalue weighted by atomic mass is 16.3. The lowest BCUT2D eigenvalue weighted by atomic mass is 10.3. The Morgan fingerprint density at radius 1 is 1.34 bits per heavy atom. The van der Waals surface area contributed by atoms with Gasteiger partial charge in [-0.25, -0.2) is 9.78 Å². The summed E-state index contributed by atoms with van der Waals surface area (Å²) in [6, 6.07) is 5.57. The van der Waals surface area contributed by atoms with Crippen LogP contribution in [0.1, 0.15) is 18.5 Å². The van der Waals surface area contributed by atoms with Gasteiger partial charge >= 0.3 is 5.69 Å². The molecule has 1 aliphatic carbocycles. The van der Waals surface area contributed by atoms with Gasteiger partial charge < -0.3 is 15.4 Å². The number of hydrogen-bond donors (Lipinski definition) is 4. The number of hydrogen-bond acceptors (Lipinski definition) is 7. The summed E-state index contributed by atoms with van der Waals surface area (Å²) in [7, 11) is 0. The van der Waals surface area contributed by atoms with E-state index in [0.717, 1.165) is 12.2 Å². The summed E-state index contributed by atoms with van der Waals surface area (Å²) in [6.45, 7) is 0.746. The van der Waals surface area contributed by atoms with Gasteiger partial charge in [-0.05, 0) is 37.0 Å². The number of aromatic amines is 2. The zero-order chi connectivity index (χ0) is 19.8. The molecule has 4 N–H and O–H groups in total. The third kappa shape index (κ3) is 3.59. The molecule has 0 unspecified atom stereocenters. The number of imidazole rings is 1. The summed E-state index contributed by atoms with van der Waals surface area (Å²) in [5.41, 5.74) is 1.80. The van der Waals surface area contributed by atoms with E-state index in [-0.39, 0.29) is 11.6 Å². The maximum absolute atomic E-state index is 11.4. The Hall–Kier alpha value is -3.95. The van der Waals surface area contributed by atoms with Gasteiger partial charge in [-0.15, -0.1) is 0 Å². The molecule has 1 aliphatic rings. The topological polar surface area (TPSA) is 136 Å². The van der Waals surface area contributed by atoms with Gasteiger partial charge in [-0.3, -0.25) is 15.0 Å². The zero-order valence-electron chi connectivity index (χ0n) is 15.3. The third-order valence-electron chi connectivity index (χ3n) is 4.66. The summed E-state index contributed by atoms with van der Waals surface area (Å²) in [6.07, 6.45) is 9.05. The zero-order valence-corrected chi connectivity index (χ0v) is 15.3. The van der Waals surface area contributed by atoms with E-state index >= 15 is 0 Å². The second-order valence-electron chi connectivity index (χ2n) is 6.97. The highest BCUT2D eigenvalue weighted by Gasteiger charge is 2.20. The van der Waals surface area contributed by atoms with Crippen LogP contribution in [0.5, 0.6) is 5.88 Å². The second kappa shape index (κ2) is 6.89. The number of nitrogens with zero attached hydrogens (tertiary/aromatic N) is 5. The standard InChI is InChI=1S/C19H18N8O2/c28-18-14(24-19(29)26-18)6-12-9-22-27-16(21-8-11-3-4-11)7-15(25-17(12)27)23-13-2-1-5-20-10-13/h1-2,5-7,9-11,23,28H,3-4,8H2,(H2,24,26,29)/b12-6-,21-16?. The smallest absolute Gasteiger partial charge is 0.326 e. The van der Waals surface area contributed by atoms with Crippen LogP contribution in [0.4, 0.5) is 11.5 Å². The van der Waals surface area contributed by atoms with Gasteiger partial charge in [0.05, 0.1) is 18.1 Å². The molecule has 0 saturated heterocycles. The summed E-state index contributed by atoms with van der Waals surface area (Å²) in [4.78, 5) is 29.7. The maximum atomic E-state index is 11.4. The van der Waals surface area contributed by atoms with E-state index in [0.29, 0.717) is 28.1 Å². The third-order valence-corrected chi connectivity index (χ3v) is 4.66. The van der Waals surface area contributed by atoms with Gasteiger partial charge in [0.15, 0.2) is 11.1 Å². The van der Waals surface area contributed by atoms with Crippen molar-refractivity contribution in [3.8, 4) is 5.88 Å². The largest absolute Gasteiger partial charge is 0.493 e. The summed E-state index contributed by atoms with van der Waals surface area (Å²) in [5.74, 6) is 0.996. The molecule has 1 fully saturated rings. The van der Waals surface area contributed by atoms with Crippen LogP contribution in [0.3, 0.4) is 0 Å². The molecular weight excluding hydrogens is 372 g/mol. The molecule has 0 aromatic carbocycles. The van der Waals surface area contributed by atoms with E-state index in [2.05, 4.69) is 30.4 Å². The van der Waals surface area contributed by atoms with Crippen molar-refractivity contribution in [2.24, 2.45) is 10.9 Å². The van der Waals surface area contributed by atoms with Gasteiger partial charge in [-0.1, -0.05) is 0 Å². The molecule has 0 spiro atoms. The number of rotatable bonds is 5. The number of fused-ring (bicyclic) bond motifs is 1. The predicted octanol–water partition coefficient (Wildman–Crippen LogP) is 0.448. The van der Waals surface area contributed by atoms with Crippen LogP contribution in [0.25, 0.3) is 11.7 Å². The Kier molecular flexibility index (Phi) is 4.08. The second-order valence-corrected chi connectivity index (χ2v) is 6.97. The van der Waals surface area contributed by atoms with Crippen molar-refractivity contribution >= 4 is 23.2 Å². The molecule has 0 atom stereocenters. The van der Waals surface area contributed by atoms with Gasteiger partial charge in [0.2, 0.25) is 5.88 Å².